The number of nitrogens with one attached hydrogen (secondary N) is 2. The quantitative estimate of drug-likeness (QED) is 0.363. The Labute approximate surface area is 195 Å². The zero-order chi connectivity index (χ0) is 22.1. The second-order valence-corrected chi connectivity index (χ2v) is 9.28. The molecule has 3 aromatic rings. The Hall–Kier alpha value is -2.86. The summed E-state index contributed by atoms with van der Waals surface area (Å²) in [5.41, 5.74) is 6.29. The highest BCUT2D eigenvalue weighted by molar-refractivity contribution is 7.80. The molecule has 2 N–H and O–H groups in total. The number of hydrogen-bond acceptors (Lipinski definition) is 3. The Morgan fingerprint density at radius 1 is 1.09 bits per heavy atom. The summed E-state index contributed by atoms with van der Waals surface area (Å²) in [5, 5.41) is 7.94. The van der Waals surface area contributed by atoms with Crippen molar-refractivity contribution in [1.29, 1.82) is 0 Å². The zero-order valence-electron chi connectivity index (χ0n) is 18.8. The summed E-state index contributed by atoms with van der Waals surface area (Å²) < 4.78 is 2.53. The summed E-state index contributed by atoms with van der Waals surface area (Å²) in [4.78, 5) is 7.06. The van der Waals surface area contributed by atoms with E-state index in [-0.39, 0.29) is 12.1 Å². The molecular formula is C26H31N5S. The second kappa shape index (κ2) is 8.94. The molecule has 32 heavy (non-hydrogen) atoms. The number of benzene rings is 1. The highest BCUT2D eigenvalue weighted by Gasteiger charge is 2.41. The number of aromatic nitrogens is 2. The van der Waals surface area contributed by atoms with Crippen LogP contribution in [0.15, 0.2) is 60.8 Å². The van der Waals surface area contributed by atoms with Gasteiger partial charge in [0.2, 0.25) is 0 Å². The van der Waals surface area contributed by atoms with Crippen LogP contribution >= 0.6 is 12.2 Å². The number of rotatable bonds is 8. The minimum atomic E-state index is 0.0546. The van der Waals surface area contributed by atoms with Crippen LogP contribution in [0.2, 0.25) is 0 Å². The smallest absolute Gasteiger partial charge is 0.170 e. The van der Waals surface area contributed by atoms with Gasteiger partial charge in [0.1, 0.15) is 0 Å². The maximum absolute atomic E-state index is 5.84. The molecule has 5 nitrogen and oxygen atoms in total. The predicted octanol–water partition coefficient (Wildman–Crippen LogP) is 5.31. The number of hydrogen-bond donors (Lipinski definition) is 2. The molecule has 5 rings (SSSR count). The van der Waals surface area contributed by atoms with Gasteiger partial charge in [0, 0.05) is 42.4 Å². The van der Waals surface area contributed by atoms with Crippen LogP contribution in [0.3, 0.4) is 0 Å². The number of nitrogens with zero attached hydrogens (tertiary/aromatic N) is 3. The molecule has 1 aliphatic heterocycles. The Morgan fingerprint density at radius 2 is 1.88 bits per heavy atom. The average Bonchev–Trinajstić information content (AvgIpc) is 3.53. The van der Waals surface area contributed by atoms with Crippen molar-refractivity contribution < 1.29 is 0 Å². The van der Waals surface area contributed by atoms with Gasteiger partial charge < -0.3 is 20.1 Å². The van der Waals surface area contributed by atoms with Crippen molar-refractivity contribution >= 4 is 23.0 Å². The first-order valence-electron chi connectivity index (χ1n) is 11.6. The molecule has 1 saturated carbocycles. The van der Waals surface area contributed by atoms with E-state index in [9.17, 15) is 0 Å². The Bertz CT molecular complexity index is 1070. The van der Waals surface area contributed by atoms with Crippen LogP contribution < -0.4 is 10.6 Å². The van der Waals surface area contributed by atoms with E-state index >= 15 is 0 Å². The number of anilines is 1. The lowest BCUT2D eigenvalue weighted by molar-refractivity contribution is 0.315. The van der Waals surface area contributed by atoms with Gasteiger partial charge >= 0.3 is 0 Å². The van der Waals surface area contributed by atoms with Crippen LogP contribution in [0.5, 0.6) is 0 Å². The lowest BCUT2D eigenvalue weighted by Gasteiger charge is -2.28. The molecule has 2 aliphatic rings. The van der Waals surface area contributed by atoms with Crippen molar-refractivity contribution in [2.75, 3.05) is 18.4 Å². The van der Waals surface area contributed by atoms with Gasteiger partial charge in [-0.1, -0.05) is 24.3 Å². The highest BCUT2D eigenvalue weighted by Crippen LogP contribution is 2.44. The van der Waals surface area contributed by atoms with E-state index in [1.54, 1.807) is 0 Å². The van der Waals surface area contributed by atoms with Gasteiger partial charge in [-0.15, -0.1) is 0 Å². The van der Waals surface area contributed by atoms with Gasteiger partial charge in [-0.05, 0) is 81.2 Å². The summed E-state index contributed by atoms with van der Waals surface area (Å²) in [6, 6.07) is 19.8. The molecule has 3 heterocycles. The lowest BCUT2D eigenvalue weighted by atomic mass is 9.96. The third-order valence-corrected chi connectivity index (χ3v) is 6.98. The molecule has 0 bridgehead atoms. The lowest BCUT2D eigenvalue weighted by Crippen LogP contribution is -2.31. The minimum absolute atomic E-state index is 0.0546. The van der Waals surface area contributed by atoms with Crippen LogP contribution in [-0.4, -0.2) is 32.7 Å². The van der Waals surface area contributed by atoms with E-state index in [0.717, 1.165) is 36.0 Å². The Kier molecular flexibility index (Phi) is 5.87. The molecular weight excluding hydrogens is 414 g/mol. The SMILES string of the molecule is Cc1cc(C2C(c3ccccn3)NC(=S)N2CCCNc2ccccc2)c(C)n1C1CC1. The fourth-order valence-electron chi connectivity index (χ4n) is 5.02. The monoisotopic (exact) mass is 445 g/mol. The van der Waals surface area contributed by atoms with Crippen molar-refractivity contribution in [3.8, 4) is 0 Å². The van der Waals surface area contributed by atoms with E-state index in [0.29, 0.717) is 6.04 Å². The van der Waals surface area contributed by atoms with Crippen LogP contribution in [0.25, 0.3) is 0 Å². The van der Waals surface area contributed by atoms with Crippen molar-refractivity contribution in [2.45, 2.75) is 51.2 Å². The maximum atomic E-state index is 5.84. The minimum Gasteiger partial charge on any atom is -0.385 e. The van der Waals surface area contributed by atoms with Crippen molar-refractivity contribution in [2.24, 2.45) is 0 Å². The van der Waals surface area contributed by atoms with E-state index < -0.39 is 0 Å². The van der Waals surface area contributed by atoms with E-state index in [4.69, 9.17) is 12.2 Å². The molecule has 2 fully saturated rings. The third-order valence-electron chi connectivity index (χ3n) is 6.63. The van der Waals surface area contributed by atoms with Gasteiger partial charge in [-0.3, -0.25) is 4.98 Å². The summed E-state index contributed by atoms with van der Waals surface area (Å²) in [6.45, 7) is 6.31. The van der Waals surface area contributed by atoms with Gasteiger partial charge in [0.25, 0.3) is 0 Å². The summed E-state index contributed by atoms with van der Waals surface area (Å²) >= 11 is 5.84. The van der Waals surface area contributed by atoms with E-state index in [2.05, 4.69) is 81.4 Å². The van der Waals surface area contributed by atoms with Crippen LogP contribution in [0.4, 0.5) is 5.69 Å². The van der Waals surface area contributed by atoms with Crippen LogP contribution in [-0.2, 0) is 0 Å². The van der Waals surface area contributed by atoms with Crippen molar-refractivity contribution in [3.63, 3.8) is 0 Å². The summed E-state index contributed by atoms with van der Waals surface area (Å²) in [7, 11) is 0. The Balaban J connectivity index is 1.40. The maximum Gasteiger partial charge on any atom is 0.170 e. The third kappa shape index (κ3) is 4.11. The molecule has 1 saturated heterocycles. The van der Waals surface area contributed by atoms with Gasteiger partial charge in [0.05, 0.1) is 17.8 Å². The van der Waals surface area contributed by atoms with Gasteiger partial charge in [-0.25, -0.2) is 0 Å². The molecule has 2 unspecified atom stereocenters. The summed E-state index contributed by atoms with van der Waals surface area (Å²) in [6.07, 6.45) is 5.45. The number of thiocarbonyl (C=S) groups is 1. The first-order valence-corrected chi connectivity index (χ1v) is 12.0. The van der Waals surface area contributed by atoms with E-state index in [1.165, 1.54) is 29.8 Å². The van der Waals surface area contributed by atoms with Crippen LogP contribution in [0.1, 0.15) is 60.0 Å². The zero-order valence-corrected chi connectivity index (χ0v) is 19.6. The summed E-state index contributed by atoms with van der Waals surface area (Å²) in [5.74, 6) is 0. The first-order chi connectivity index (χ1) is 15.6. The fraction of sp³-hybridized carbons (Fsp3) is 0.385. The number of aryl methyl sites for hydroxylation is 1. The number of para-hydroxylation sites is 1. The standard InChI is InChI=1S/C26H31N5S/c1-18-17-22(19(2)31(18)21-12-13-21)25-24(23-11-6-7-14-28-23)29-26(32)30(25)16-8-15-27-20-9-4-3-5-10-20/h3-7,9-11,14,17,21,24-25,27H,8,12-13,15-16H2,1-2H3,(H,29,32). The van der Waals surface area contributed by atoms with Crippen molar-refractivity contribution in [3.05, 3.63) is 83.4 Å². The molecule has 1 aliphatic carbocycles. The number of pyridine rings is 1. The van der Waals surface area contributed by atoms with Gasteiger partial charge in [-0.2, -0.15) is 0 Å². The highest BCUT2D eigenvalue weighted by atomic mass is 32.1. The molecule has 6 heteroatoms. The second-order valence-electron chi connectivity index (χ2n) is 8.89. The van der Waals surface area contributed by atoms with Gasteiger partial charge in [0.15, 0.2) is 5.11 Å². The molecule has 0 radical (unpaired) electrons. The van der Waals surface area contributed by atoms with E-state index in [1.807, 2.05) is 18.3 Å². The molecule has 1 aromatic carbocycles. The normalized spacial score (nSPS) is 20.4. The molecule has 2 atom stereocenters. The molecule has 0 spiro atoms. The van der Waals surface area contributed by atoms with Crippen LogP contribution in [0, 0.1) is 13.8 Å². The Morgan fingerprint density at radius 3 is 2.59 bits per heavy atom. The molecule has 0 amide bonds. The molecule has 2 aromatic heterocycles. The van der Waals surface area contributed by atoms with Crippen molar-refractivity contribution in [1.82, 2.24) is 19.8 Å². The fourth-order valence-corrected chi connectivity index (χ4v) is 5.35. The topological polar surface area (TPSA) is 45.1 Å². The average molecular weight is 446 g/mol. The molecule has 166 valence electrons. The first kappa shape index (κ1) is 21.0. The largest absolute Gasteiger partial charge is 0.385 e. The predicted molar refractivity (Wildman–Crippen MR) is 134 cm³/mol.